The Hall–Kier alpha value is -1.60. The third-order valence-corrected chi connectivity index (χ3v) is 2.44. The van der Waals surface area contributed by atoms with Gasteiger partial charge in [-0.05, 0) is 35.4 Å². The fourth-order valence-electron chi connectivity index (χ4n) is 1.38. The van der Waals surface area contributed by atoms with E-state index in [9.17, 15) is 4.39 Å². The predicted octanol–water partition coefficient (Wildman–Crippen LogP) is 4.65. The number of hydrogen-bond acceptors (Lipinski definition) is 0. The van der Waals surface area contributed by atoms with Gasteiger partial charge in [0.2, 0.25) is 0 Å². The summed E-state index contributed by atoms with van der Waals surface area (Å²) in [7, 11) is 0. The summed E-state index contributed by atoms with van der Waals surface area (Å²) in [6.07, 6.45) is 3.79. The molecule has 2 heteroatoms. The first-order valence-corrected chi connectivity index (χ1v) is 5.31. The Morgan fingerprint density at radius 1 is 0.875 bits per heavy atom. The highest BCUT2D eigenvalue weighted by atomic mass is 35.5. The molecule has 0 aliphatic rings. The molecule has 0 N–H and O–H groups in total. The molecule has 2 rings (SSSR count). The normalized spacial score (nSPS) is 10.9. The molecule has 16 heavy (non-hydrogen) atoms. The lowest BCUT2D eigenvalue weighted by atomic mass is 10.1. The fourth-order valence-corrected chi connectivity index (χ4v) is 1.50. The first-order chi connectivity index (χ1) is 7.74. The molecule has 0 heterocycles. The average Bonchev–Trinajstić information content (AvgIpc) is 2.28. The molecule has 0 bridgehead atoms. The van der Waals surface area contributed by atoms with Crippen LogP contribution >= 0.6 is 11.6 Å². The minimum absolute atomic E-state index is 0.224. The quantitative estimate of drug-likeness (QED) is 0.662. The van der Waals surface area contributed by atoms with Crippen LogP contribution in [0.25, 0.3) is 12.2 Å². The summed E-state index contributed by atoms with van der Waals surface area (Å²) in [5.74, 6) is -0.224. The highest BCUT2D eigenvalue weighted by Gasteiger charge is 1.91. The summed E-state index contributed by atoms with van der Waals surface area (Å²) in [4.78, 5) is 0. The molecule has 2 aromatic rings. The van der Waals surface area contributed by atoms with Gasteiger partial charge in [0.15, 0.2) is 0 Å². The van der Waals surface area contributed by atoms with E-state index in [0.29, 0.717) is 5.02 Å². The second kappa shape index (κ2) is 4.95. The van der Waals surface area contributed by atoms with Crippen LogP contribution < -0.4 is 0 Å². The summed E-state index contributed by atoms with van der Waals surface area (Å²) < 4.78 is 12.9. The predicted molar refractivity (Wildman–Crippen MR) is 66.8 cm³/mol. The highest BCUT2D eigenvalue weighted by Crippen LogP contribution is 2.13. The Morgan fingerprint density at radius 2 is 1.56 bits per heavy atom. The van der Waals surface area contributed by atoms with E-state index in [1.54, 1.807) is 6.07 Å². The maximum Gasteiger partial charge on any atom is 0.123 e. The zero-order chi connectivity index (χ0) is 11.4. The molecule has 0 saturated carbocycles. The summed E-state index contributed by atoms with van der Waals surface area (Å²) in [6, 6.07) is 14.0. The van der Waals surface area contributed by atoms with Gasteiger partial charge in [-0.25, -0.2) is 4.39 Å². The number of benzene rings is 2. The minimum Gasteiger partial charge on any atom is -0.207 e. The van der Waals surface area contributed by atoms with Gasteiger partial charge in [0, 0.05) is 5.02 Å². The molecule has 80 valence electrons. The second-order valence-corrected chi connectivity index (χ2v) is 3.88. The van der Waals surface area contributed by atoms with Crippen molar-refractivity contribution >= 4 is 23.8 Å². The summed E-state index contributed by atoms with van der Waals surface area (Å²) in [6.45, 7) is 0. The number of halogens is 2. The van der Waals surface area contributed by atoms with Crippen molar-refractivity contribution in [2.24, 2.45) is 0 Å². The molecule has 0 aromatic heterocycles. The van der Waals surface area contributed by atoms with Crippen molar-refractivity contribution in [2.75, 3.05) is 0 Å². The zero-order valence-electron chi connectivity index (χ0n) is 8.53. The third kappa shape index (κ3) is 2.94. The summed E-state index contributed by atoms with van der Waals surface area (Å²) in [5.41, 5.74) is 1.88. The van der Waals surface area contributed by atoms with Crippen LogP contribution in [-0.2, 0) is 0 Å². The molecule has 0 amide bonds. The van der Waals surface area contributed by atoms with Crippen LogP contribution in [0, 0.1) is 5.82 Å². The molecule has 0 aliphatic carbocycles. The molecule has 0 spiro atoms. The molecule has 0 fully saturated rings. The largest absolute Gasteiger partial charge is 0.207 e. The average molecular weight is 233 g/mol. The van der Waals surface area contributed by atoms with Crippen LogP contribution in [0.5, 0.6) is 0 Å². The maximum atomic E-state index is 12.9. The van der Waals surface area contributed by atoms with Gasteiger partial charge < -0.3 is 0 Å². The Morgan fingerprint density at radius 3 is 2.25 bits per heavy atom. The van der Waals surface area contributed by atoms with Gasteiger partial charge in [0.1, 0.15) is 5.82 Å². The molecular weight excluding hydrogens is 223 g/mol. The summed E-state index contributed by atoms with van der Waals surface area (Å²) in [5, 5.41) is 0.711. The van der Waals surface area contributed by atoms with Crippen LogP contribution in [-0.4, -0.2) is 0 Å². The molecule has 0 unspecified atom stereocenters. The zero-order valence-corrected chi connectivity index (χ0v) is 9.29. The third-order valence-electron chi connectivity index (χ3n) is 2.19. The second-order valence-electron chi connectivity index (χ2n) is 3.44. The summed E-state index contributed by atoms with van der Waals surface area (Å²) >= 11 is 5.78. The van der Waals surface area contributed by atoms with E-state index >= 15 is 0 Å². The van der Waals surface area contributed by atoms with Crippen molar-refractivity contribution in [1.82, 2.24) is 0 Å². The van der Waals surface area contributed by atoms with Gasteiger partial charge in [-0.2, -0.15) is 0 Å². The Labute approximate surface area is 99.0 Å². The van der Waals surface area contributed by atoms with Crippen molar-refractivity contribution < 1.29 is 4.39 Å². The lowest BCUT2D eigenvalue weighted by Gasteiger charge is -1.95. The van der Waals surface area contributed by atoms with Crippen molar-refractivity contribution in [3.63, 3.8) is 0 Å². The van der Waals surface area contributed by atoms with Crippen LogP contribution in [0.4, 0.5) is 4.39 Å². The molecule has 0 saturated heterocycles. The van der Waals surface area contributed by atoms with Crippen LogP contribution in [0.3, 0.4) is 0 Å². The van der Waals surface area contributed by atoms with E-state index in [1.807, 2.05) is 42.5 Å². The standard InChI is InChI=1S/C14H10ClF/c15-13-8-6-11(7-9-13)4-5-12-2-1-3-14(16)10-12/h1-10H/b5-4+. The van der Waals surface area contributed by atoms with E-state index in [4.69, 9.17) is 11.6 Å². The van der Waals surface area contributed by atoms with E-state index < -0.39 is 0 Å². The molecule has 0 nitrogen and oxygen atoms in total. The van der Waals surface area contributed by atoms with Gasteiger partial charge in [-0.15, -0.1) is 0 Å². The number of rotatable bonds is 2. The van der Waals surface area contributed by atoms with E-state index in [0.717, 1.165) is 11.1 Å². The Bertz CT molecular complexity index is 500. The smallest absolute Gasteiger partial charge is 0.123 e. The lowest BCUT2D eigenvalue weighted by Crippen LogP contribution is -1.75. The van der Waals surface area contributed by atoms with Gasteiger partial charge in [-0.1, -0.05) is 48.0 Å². The molecule has 0 atom stereocenters. The number of hydrogen-bond donors (Lipinski definition) is 0. The SMILES string of the molecule is Fc1cccc(/C=C/c2ccc(Cl)cc2)c1. The molecular formula is C14H10ClF. The Kier molecular flexibility index (Phi) is 3.37. The first-order valence-electron chi connectivity index (χ1n) is 4.93. The minimum atomic E-state index is -0.224. The van der Waals surface area contributed by atoms with Crippen molar-refractivity contribution in [1.29, 1.82) is 0 Å². The van der Waals surface area contributed by atoms with Gasteiger partial charge in [0.25, 0.3) is 0 Å². The van der Waals surface area contributed by atoms with Crippen LogP contribution in [0.15, 0.2) is 48.5 Å². The molecule has 0 aliphatic heterocycles. The molecule has 2 aromatic carbocycles. The van der Waals surface area contributed by atoms with E-state index in [1.165, 1.54) is 12.1 Å². The van der Waals surface area contributed by atoms with Crippen LogP contribution in [0.1, 0.15) is 11.1 Å². The highest BCUT2D eigenvalue weighted by molar-refractivity contribution is 6.30. The van der Waals surface area contributed by atoms with E-state index in [2.05, 4.69) is 0 Å². The first kappa shape index (κ1) is 10.9. The van der Waals surface area contributed by atoms with Gasteiger partial charge in [-0.3, -0.25) is 0 Å². The Balaban J connectivity index is 2.18. The van der Waals surface area contributed by atoms with Crippen LogP contribution in [0.2, 0.25) is 5.02 Å². The van der Waals surface area contributed by atoms with Gasteiger partial charge >= 0.3 is 0 Å². The van der Waals surface area contributed by atoms with Crippen molar-refractivity contribution in [2.45, 2.75) is 0 Å². The fraction of sp³-hybridized carbons (Fsp3) is 0. The van der Waals surface area contributed by atoms with Crippen molar-refractivity contribution in [3.05, 3.63) is 70.5 Å². The monoisotopic (exact) mass is 232 g/mol. The van der Waals surface area contributed by atoms with E-state index in [-0.39, 0.29) is 5.82 Å². The molecule has 0 radical (unpaired) electrons. The van der Waals surface area contributed by atoms with Crippen molar-refractivity contribution in [3.8, 4) is 0 Å². The van der Waals surface area contributed by atoms with Gasteiger partial charge in [0.05, 0.1) is 0 Å². The maximum absolute atomic E-state index is 12.9. The lowest BCUT2D eigenvalue weighted by molar-refractivity contribution is 0.627. The topological polar surface area (TPSA) is 0 Å².